The van der Waals surface area contributed by atoms with Gasteiger partial charge in [-0.25, -0.2) is 0 Å². The summed E-state index contributed by atoms with van der Waals surface area (Å²) >= 11 is 18.6. The highest BCUT2D eigenvalue weighted by Crippen LogP contribution is 2.42. The summed E-state index contributed by atoms with van der Waals surface area (Å²) in [6.07, 6.45) is 2.85. The van der Waals surface area contributed by atoms with Crippen molar-refractivity contribution in [1.82, 2.24) is 24.7 Å². The SMILES string of the molecule is Cc1cc([C@H]2[C@@H](c3ccccn3)NC(=S)N2CCCN(C)C)c(C)n1-c1ccc(Cl)cc1Cl. The molecule has 1 aliphatic rings. The highest BCUT2D eigenvalue weighted by atomic mass is 35.5. The minimum Gasteiger partial charge on any atom is -0.352 e. The van der Waals surface area contributed by atoms with Crippen molar-refractivity contribution in [1.29, 1.82) is 0 Å². The fourth-order valence-corrected chi connectivity index (χ4v) is 5.49. The number of aryl methyl sites for hydroxylation is 1. The van der Waals surface area contributed by atoms with Gasteiger partial charge in [0.15, 0.2) is 5.11 Å². The van der Waals surface area contributed by atoms with Crippen molar-refractivity contribution in [3.8, 4) is 5.69 Å². The molecular weight excluding hydrogens is 473 g/mol. The second kappa shape index (κ2) is 10.0. The van der Waals surface area contributed by atoms with Gasteiger partial charge in [-0.1, -0.05) is 29.3 Å². The zero-order valence-corrected chi connectivity index (χ0v) is 21.7. The summed E-state index contributed by atoms with van der Waals surface area (Å²) in [6, 6.07) is 13.9. The molecule has 3 aromatic rings. The number of halogens is 2. The molecule has 0 unspecified atom stereocenters. The van der Waals surface area contributed by atoms with Crippen molar-refractivity contribution in [3.05, 3.63) is 81.4 Å². The van der Waals surface area contributed by atoms with Crippen LogP contribution in [-0.4, -0.2) is 51.6 Å². The Balaban J connectivity index is 1.79. The van der Waals surface area contributed by atoms with Gasteiger partial charge < -0.3 is 19.7 Å². The maximum atomic E-state index is 6.59. The molecule has 1 fully saturated rings. The van der Waals surface area contributed by atoms with E-state index in [9.17, 15) is 0 Å². The Kier molecular flexibility index (Phi) is 7.29. The molecule has 8 heteroatoms. The molecule has 1 aromatic carbocycles. The van der Waals surface area contributed by atoms with E-state index in [4.69, 9.17) is 35.4 Å². The molecule has 0 aliphatic carbocycles. The van der Waals surface area contributed by atoms with E-state index in [-0.39, 0.29) is 12.1 Å². The van der Waals surface area contributed by atoms with Crippen LogP contribution in [0.15, 0.2) is 48.7 Å². The van der Waals surface area contributed by atoms with Gasteiger partial charge in [-0.05, 0) is 95.1 Å². The first-order valence-electron chi connectivity index (χ1n) is 11.0. The Labute approximate surface area is 211 Å². The van der Waals surface area contributed by atoms with Gasteiger partial charge in [-0.15, -0.1) is 0 Å². The summed E-state index contributed by atoms with van der Waals surface area (Å²) in [6.45, 7) is 6.11. The lowest BCUT2D eigenvalue weighted by molar-refractivity contribution is 0.292. The lowest BCUT2D eigenvalue weighted by Gasteiger charge is -2.28. The molecule has 5 nitrogen and oxygen atoms in total. The maximum Gasteiger partial charge on any atom is 0.170 e. The van der Waals surface area contributed by atoms with Crippen LogP contribution >= 0.6 is 35.4 Å². The average molecular weight is 503 g/mol. The standard InChI is InChI=1S/C25H29Cl2N5S/c1-16-14-19(17(2)32(16)22-10-9-18(26)15-20(22)27)24-23(21-8-5-6-11-28-21)29-25(33)31(24)13-7-12-30(3)4/h5-6,8-11,14-15,23-24H,7,12-13H2,1-4H3,(H,29,33)/t23-,24+/m1/s1. The van der Waals surface area contributed by atoms with E-state index in [2.05, 4.69) is 64.7 Å². The molecule has 1 saturated heterocycles. The molecule has 3 heterocycles. The quantitative estimate of drug-likeness (QED) is 0.419. The highest BCUT2D eigenvalue weighted by molar-refractivity contribution is 7.80. The van der Waals surface area contributed by atoms with E-state index in [0.29, 0.717) is 10.0 Å². The van der Waals surface area contributed by atoms with Gasteiger partial charge in [0.1, 0.15) is 0 Å². The fraction of sp³-hybridized carbons (Fsp3) is 0.360. The normalized spacial score (nSPS) is 18.3. The van der Waals surface area contributed by atoms with Crippen molar-refractivity contribution in [2.75, 3.05) is 27.2 Å². The topological polar surface area (TPSA) is 36.3 Å². The first-order valence-corrected chi connectivity index (χ1v) is 12.2. The van der Waals surface area contributed by atoms with E-state index in [1.54, 1.807) is 6.07 Å². The van der Waals surface area contributed by atoms with Gasteiger partial charge in [-0.2, -0.15) is 0 Å². The summed E-state index contributed by atoms with van der Waals surface area (Å²) < 4.78 is 2.20. The van der Waals surface area contributed by atoms with Crippen molar-refractivity contribution >= 4 is 40.5 Å². The monoisotopic (exact) mass is 501 g/mol. The third kappa shape index (κ3) is 4.90. The van der Waals surface area contributed by atoms with Crippen LogP contribution in [-0.2, 0) is 0 Å². The van der Waals surface area contributed by atoms with Crippen LogP contribution in [0.5, 0.6) is 0 Å². The van der Waals surface area contributed by atoms with E-state index in [1.807, 2.05) is 30.5 Å². The third-order valence-electron chi connectivity index (χ3n) is 6.14. The van der Waals surface area contributed by atoms with Crippen LogP contribution in [0.2, 0.25) is 10.0 Å². The Bertz CT molecular complexity index is 1150. The highest BCUT2D eigenvalue weighted by Gasteiger charge is 2.41. The van der Waals surface area contributed by atoms with Crippen molar-refractivity contribution in [3.63, 3.8) is 0 Å². The molecule has 1 aliphatic heterocycles. The predicted molar refractivity (Wildman–Crippen MR) is 141 cm³/mol. The molecule has 2 aromatic heterocycles. The molecule has 1 N–H and O–H groups in total. The smallest absolute Gasteiger partial charge is 0.170 e. The molecule has 0 spiro atoms. The number of rotatable bonds is 7. The van der Waals surface area contributed by atoms with E-state index in [0.717, 1.165) is 47.4 Å². The zero-order chi connectivity index (χ0) is 23.7. The van der Waals surface area contributed by atoms with Crippen LogP contribution in [0.25, 0.3) is 5.69 Å². The molecule has 0 amide bonds. The van der Waals surface area contributed by atoms with Gasteiger partial charge in [-0.3, -0.25) is 4.98 Å². The number of aromatic nitrogens is 2. The lowest BCUT2D eigenvalue weighted by atomic mass is 9.96. The third-order valence-corrected chi connectivity index (χ3v) is 7.03. The van der Waals surface area contributed by atoms with Crippen LogP contribution in [0, 0.1) is 13.8 Å². The molecule has 2 atom stereocenters. The second-order valence-electron chi connectivity index (χ2n) is 8.73. The van der Waals surface area contributed by atoms with E-state index < -0.39 is 0 Å². The number of thiocarbonyl (C=S) groups is 1. The van der Waals surface area contributed by atoms with Crippen molar-refractivity contribution < 1.29 is 0 Å². The van der Waals surface area contributed by atoms with Gasteiger partial charge in [0.05, 0.1) is 28.5 Å². The van der Waals surface area contributed by atoms with Gasteiger partial charge in [0, 0.05) is 29.2 Å². The first-order chi connectivity index (χ1) is 15.8. The Morgan fingerprint density at radius 3 is 2.58 bits per heavy atom. The number of hydrogen-bond donors (Lipinski definition) is 1. The van der Waals surface area contributed by atoms with Gasteiger partial charge in [0.25, 0.3) is 0 Å². The maximum absolute atomic E-state index is 6.59. The molecule has 4 rings (SSSR count). The first kappa shape index (κ1) is 24.0. The minimum absolute atomic E-state index is 0.0283. The number of pyridine rings is 1. The summed E-state index contributed by atoms with van der Waals surface area (Å²) in [5.74, 6) is 0. The summed E-state index contributed by atoms with van der Waals surface area (Å²) in [5, 5.41) is 5.57. The predicted octanol–water partition coefficient (Wildman–Crippen LogP) is 5.72. The largest absolute Gasteiger partial charge is 0.352 e. The average Bonchev–Trinajstić information content (AvgIpc) is 3.24. The van der Waals surface area contributed by atoms with Gasteiger partial charge >= 0.3 is 0 Å². The van der Waals surface area contributed by atoms with Crippen LogP contribution in [0.4, 0.5) is 0 Å². The molecule has 0 bridgehead atoms. The molecular formula is C25H29Cl2N5S. The molecule has 0 saturated carbocycles. The second-order valence-corrected chi connectivity index (χ2v) is 9.96. The number of nitrogens with one attached hydrogen (secondary N) is 1. The van der Waals surface area contributed by atoms with E-state index >= 15 is 0 Å². The molecule has 0 radical (unpaired) electrons. The molecule has 174 valence electrons. The number of hydrogen-bond acceptors (Lipinski definition) is 3. The number of benzene rings is 1. The zero-order valence-electron chi connectivity index (χ0n) is 19.3. The lowest BCUT2D eigenvalue weighted by Crippen LogP contribution is -2.32. The molecule has 33 heavy (non-hydrogen) atoms. The van der Waals surface area contributed by atoms with Crippen LogP contribution < -0.4 is 5.32 Å². The Morgan fingerprint density at radius 1 is 1.12 bits per heavy atom. The summed E-state index contributed by atoms with van der Waals surface area (Å²) in [4.78, 5) is 9.17. The summed E-state index contributed by atoms with van der Waals surface area (Å²) in [5.41, 5.74) is 5.36. The van der Waals surface area contributed by atoms with Crippen molar-refractivity contribution in [2.45, 2.75) is 32.4 Å². The Hall–Kier alpha value is -2.12. The van der Waals surface area contributed by atoms with Crippen LogP contribution in [0.1, 0.15) is 41.1 Å². The summed E-state index contributed by atoms with van der Waals surface area (Å²) in [7, 11) is 4.19. The minimum atomic E-state index is -0.0345. The van der Waals surface area contributed by atoms with E-state index in [1.165, 1.54) is 5.56 Å². The van der Waals surface area contributed by atoms with Crippen molar-refractivity contribution in [2.24, 2.45) is 0 Å². The Morgan fingerprint density at radius 2 is 1.91 bits per heavy atom. The van der Waals surface area contributed by atoms with Crippen LogP contribution in [0.3, 0.4) is 0 Å². The number of nitrogens with zero attached hydrogens (tertiary/aromatic N) is 4. The van der Waals surface area contributed by atoms with Gasteiger partial charge in [0.2, 0.25) is 0 Å². The fourth-order valence-electron chi connectivity index (χ4n) is 4.66.